The highest BCUT2D eigenvalue weighted by Gasteiger charge is 2.33. The number of hydrogen-bond donors (Lipinski definition) is 0. The first-order valence-electron chi connectivity index (χ1n) is 8.67. The highest BCUT2D eigenvalue weighted by atomic mass is 32.2. The molecule has 0 radical (unpaired) electrons. The van der Waals surface area contributed by atoms with E-state index in [9.17, 15) is 8.42 Å². The molecule has 0 N–H and O–H groups in total. The number of unbranched alkanes of at least 4 members (excludes halogenated alkanes) is 1. The first-order valence-corrected chi connectivity index (χ1v) is 10.1. The van der Waals surface area contributed by atoms with Crippen molar-refractivity contribution in [2.24, 2.45) is 0 Å². The van der Waals surface area contributed by atoms with E-state index in [1.165, 1.54) is 4.31 Å². The number of fused-ring (bicyclic) bond motifs is 1. The van der Waals surface area contributed by atoms with Crippen molar-refractivity contribution in [2.45, 2.75) is 57.9 Å². The lowest BCUT2D eigenvalue weighted by Crippen LogP contribution is -2.45. The number of aromatic nitrogens is 3. The van der Waals surface area contributed by atoms with Crippen LogP contribution in [0, 0.1) is 0 Å². The van der Waals surface area contributed by atoms with Crippen LogP contribution in [0.1, 0.15) is 56.6 Å². The maximum atomic E-state index is 12.6. The van der Waals surface area contributed by atoms with Crippen molar-refractivity contribution in [3.05, 3.63) is 11.6 Å². The Morgan fingerprint density at radius 2 is 1.96 bits per heavy atom. The monoisotopic (exact) mass is 341 g/mol. The molecule has 0 aromatic carbocycles. The average Bonchev–Trinajstić information content (AvgIpc) is 3.15. The Hall–Kier alpha value is -0.990. The van der Waals surface area contributed by atoms with E-state index in [-0.39, 0.29) is 0 Å². The fourth-order valence-corrected chi connectivity index (χ4v) is 4.94. The lowest BCUT2D eigenvalue weighted by Gasteiger charge is -2.33. The van der Waals surface area contributed by atoms with Gasteiger partial charge in [0.2, 0.25) is 0 Å². The molecule has 0 atom stereocenters. The first-order chi connectivity index (χ1) is 11.0. The molecule has 0 aliphatic carbocycles. The van der Waals surface area contributed by atoms with Crippen LogP contribution in [0.4, 0.5) is 0 Å². The molecule has 1 fully saturated rings. The predicted octanol–water partition coefficient (Wildman–Crippen LogP) is 1.38. The van der Waals surface area contributed by atoms with Crippen LogP contribution in [-0.2, 0) is 23.2 Å². The van der Waals surface area contributed by atoms with E-state index in [1.54, 1.807) is 11.4 Å². The van der Waals surface area contributed by atoms with E-state index in [2.05, 4.69) is 21.7 Å². The van der Waals surface area contributed by atoms with Crippen molar-refractivity contribution in [1.29, 1.82) is 0 Å². The number of nitrogens with zero attached hydrogens (tertiary/aromatic N) is 5. The second-order valence-electron chi connectivity index (χ2n) is 6.59. The average molecular weight is 341 g/mol. The quantitative estimate of drug-likeness (QED) is 0.784. The number of aryl methyl sites for hydroxylation is 1. The van der Waals surface area contributed by atoms with Crippen LogP contribution >= 0.6 is 0 Å². The molecular formula is C15H27N5O2S. The maximum Gasteiger partial charge on any atom is 0.281 e. The zero-order chi connectivity index (χ0) is 16.4. The molecule has 1 aromatic heterocycles. The van der Waals surface area contributed by atoms with Crippen molar-refractivity contribution in [2.75, 3.05) is 26.7 Å². The lowest BCUT2D eigenvalue weighted by molar-refractivity contribution is 0.287. The summed E-state index contributed by atoms with van der Waals surface area (Å²) in [6.07, 6.45) is 5.73. The molecule has 2 aliphatic rings. The number of piperidine rings is 1. The lowest BCUT2D eigenvalue weighted by atomic mass is 9.97. The van der Waals surface area contributed by atoms with Crippen LogP contribution in [0.2, 0.25) is 0 Å². The van der Waals surface area contributed by atoms with Gasteiger partial charge in [-0.2, -0.15) is 17.0 Å². The second kappa shape index (κ2) is 6.86. The maximum absolute atomic E-state index is 12.6. The van der Waals surface area contributed by atoms with Gasteiger partial charge in [-0.25, -0.2) is 0 Å². The highest BCUT2D eigenvalue weighted by molar-refractivity contribution is 7.86. The standard InChI is InChI=1S/C15H27N5O2S/c1-3-4-9-18(2)23(21,22)19-11-7-13(8-12-19)15-17-16-14-6-5-10-20(14)15/h13H,3-12H2,1-2H3. The molecule has 0 amide bonds. The van der Waals surface area contributed by atoms with Crippen molar-refractivity contribution >= 4 is 10.2 Å². The highest BCUT2D eigenvalue weighted by Crippen LogP contribution is 2.30. The largest absolute Gasteiger partial charge is 0.315 e. The fourth-order valence-electron chi connectivity index (χ4n) is 3.51. The van der Waals surface area contributed by atoms with Crippen LogP contribution in [0.15, 0.2) is 0 Å². The summed E-state index contributed by atoms with van der Waals surface area (Å²) in [7, 11) is -1.63. The van der Waals surface area contributed by atoms with Gasteiger partial charge in [0, 0.05) is 45.6 Å². The molecule has 8 heteroatoms. The Balaban J connectivity index is 1.62. The van der Waals surface area contributed by atoms with Crippen LogP contribution in [0.5, 0.6) is 0 Å². The van der Waals surface area contributed by atoms with Crippen molar-refractivity contribution in [3.8, 4) is 0 Å². The smallest absolute Gasteiger partial charge is 0.281 e. The van der Waals surface area contributed by atoms with E-state index in [0.717, 1.165) is 56.7 Å². The Kier molecular flexibility index (Phi) is 5.03. The molecule has 3 heterocycles. The molecule has 7 nitrogen and oxygen atoms in total. The summed E-state index contributed by atoms with van der Waals surface area (Å²) in [4.78, 5) is 0. The fraction of sp³-hybridized carbons (Fsp3) is 0.867. The number of hydrogen-bond acceptors (Lipinski definition) is 4. The SMILES string of the molecule is CCCCN(C)S(=O)(=O)N1CCC(c2nnc3n2CCC3)CC1. The zero-order valence-corrected chi connectivity index (χ0v) is 14.9. The molecule has 0 saturated carbocycles. The minimum atomic E-state index is -3.31. The molecular weight excluding hydrogens is 314 g/mol. The van der Waals surface area contributed by atoms with Gasteiger partial charge in [-0.1, -0.05) is 13.3 Å². The van der Waals surface area contributed by atoms with Gasteiger partial charge in [0.05, 0.1) is 0 Å². The van der Waals surface area contributed by atoms with Gasteiger partial charge < -0.3 is 4.57 Å². The van der Waals surface area contributed by atoms with Gasteiger partial charge in [0.1, 0.15) is 11.6 Å². The van der Waals surface area contributed by atoms with Gasteiger partial charge in [-0.05, 0) is 25.7 Å². The molecule has 1 aromatic rings. The van der Waals surface area contributed by atoms with Gasteiger partial charge in [-0.15, -0.1) is 10.2 Å². The van der Waals surface area contributed by atoms with Crippen molar-refractivity contribution in [1.82, 2.24) is 23.4 Å². The molecule has 23 heavy (non-hydrogen) atoms. The summed E-state index contributed by atoms with van der Waals surface area (Å²) in [6.45, 7) is 4.83. The summed E-state index contributed by atoms with van der Waals surface area (Å²) in [5.74, 6) is 2.49. The molecule has 130 valence electrons. The van der Waals surface area contributed by atoms with E-state index in [4.69, 9.17) is 0 Å². The van der Waals surface area contributed by atoms with Crippen LogP contribution in [0.3, 0.4) is 0 Å². The van der Waals surface area contributed by atoms with E-state index < -0.39 is 10.2 Å². The van der Waals surface area contributed by atoms with Gasteiger partial charge in [0.15, 0.2) is 0 Å². The van der Waals surface area contributed by atoms with E-state index in [1.807, 2.05) is 0 Å². The number of rotatable bonds is 6. The van der Waals surface area contributed by atoms with Gasteiger partial charge in [-0.3, -0.25) is 0 Å². The molecule has 3 rings (SSSR count). The molecule has 1 saturated heterocycles. The van der Waals surface area contributed by atoms with Crippen LogP contribution in [-0.4, -0.2) is 58.5 Å². The molecule has 0 unspecified atom stereocenters. The van der Waals surface area contributed by atoms with E-state index in [0.29, 0.717) is 25.6 Å². The normalized spacial score (nSPS) is 20.3. The van der Waals surface area contributed by atoms with E-state index >= 15 is 0 Å². The molecule has 0 spiro atoms. The van der Waals surface area contributed by atoms with Crippen LogP contribution < -0.4 is 0 Å². The summed E-state index contributed by atoms with van der Waals surface area (Å²) in [5, 5.41) is 8.63. The molecule has 2 aliphatic heterocycles. The summed E-state index contributed by atoms with van der Waals surface area (Å²) in [5.41, 5.74) is 0. The summed E-state index contributed by atoms with van der Waals surface area (Å²) < 4.78 is 30.5. The third-order valence-electron chi connectivity index (χ3n) is 5.00. The summed E-state index contributed by atoms with van der Waals surface area (Å²) in [6, 6.07) is 0. The van der Waals surface area contributed by atoms with Crippen LogP contribution in [0.25, 0.3) is 0 Å². The van der Waals surface area contributed by atoms with Crippen molar-refractivity contribution < 1.29 is 8.42 Å². The molecule has 0 bridgehead atoms. The Morgan fingerprint density at radius 3 is 2.65 bits per heavy atom. The Labute approximate surface area is 138 Å². The first kappa shape index (κ1) is 16.9. The van der Waals surface area contributed by atoms with Crippen molar-refractivity contribution in [3.63, 3.8) is 0 Å². The Bertz CT molecular complexity index is 634. The third kappa shape index (κ3) is 3.29. The van der Waals surface area contributed by atoms with Gasteiger partial charge in [0.25, 0.3) is 10.2 Å². The topological polar surface area (TPSA) is 71.3 Å². The third-order valence-corrected chi connectivity index (χ3v) is 6.99. The predicted molar refractivity (Wildman–Crippen MR) is 88.3 cm³/mol. The zero-order valence-electron chi connectivity index (χ0n) is 14.1. The van der Waals surface area contributed by atoms with Gasteiger partial charge >= 0.3 is 0 Å². The second-order valence-corrected chi connectivity index (χ2v) is 8.62. The minimum absolute atomic E-state index is 0.335. The minimum Gasteiger partial charge on any atom is -0.315 e. The summed E-state index contributed by atoms with van der Waals surface area (Å²) >= 11 is 0. The Morgan fingerprint density at radius 1 is 1.22 bits per heavy atom.